The molecule has 0 heterocycles. The largest absolute Gasteiger partial charge is 0.179 e. The summed E-state index contributed by atoms with van der Waals surface area (Å²) in [5, 5.41) is 0. The number of unbranched alkanes of at least 4 members (excludes halogenated alkanes) is 1. The lowest BCUT2D eigenvalue weighted by Gasteiger charge is -1.94. The summed E-state index contributed by atoms with van der Waals surface area (Å²) in [4.78, 5) is 0. The highest BCUT2D eigenvalue weighted by atomic mass is 32.1. The van der Waals surface area contributed by atoms with Crippen LogP contribution in [0.4, 0.5) is 0 Å². The first-order chi connectivity index (χ1) is 4.41. The van der Waals surface area contributed by atoms with Gasteiger partial charge < -0.3 is 0 Å². The summed E-state index contributed by atoms with van der Waals surface area (Å²) in [5.41, 5.74) is 0. The summed E-state index contributed by atoms with van der Waals surface area (Å²) in [5.74, 6) is 1.10. The van der Waals surface area contributed by atoms with Gasteiger partial charge in [-0.3, -0.25) is 0 Å². The SMILES string of the molecule is CCCC[SiH2]CCCS. The molecule has 0 aliphatic rings. The standard InChI is InChI=1S/C7H18SSi/c1-2-3-6-9-7-4-5-8/h8H,2-7,9H2,1H3. The summed E-state index contributed by atoms with van der Waals surface area (Å²) in [7, 11) is 0.340. The number of hydrogen-bond acceptors (Lipinski definition) is 1. The van der Waals surface area contributed by atoms with Crippen LogP contribution >= 0.6 is 12.6 Å². The molecule has 9 heavy (non-hydrogen) atoms. The molecule has 0 aliphatic carbocycles. The van der Waals surface area contributed by atoms with Crippen LogP contribution in [0, 0.1) is 0 Å². The van der Waals surface area contributed by atoms with Crippen molar-refractivity contribution in [2.45, 2.75) is 38.3 Å². The molecule has 2 heteroatoms. The van der Waals surface area contributed by atoms with Gasteiger partial charge in [0, 0.05) is 9.52 Å². The zero-order chi connectivity index (χ0) is 6.95. The minimum atomic E-state index is 0.340. The maximum atomic E-state index is 4.17. The van der Waals surface area contributed by atoms with Gasteiger partial charge in [-0.1, -0.05) is 31.9 Å². The Morgan fingerprint density at radius 3 is 2.44 bits per heavy atom. The van der Waals surface area contributed by atoms with Gasteiger partial charge in [0.1, 0.15) is 0 Å². The van der Waals surface area contributed by atoms with Crippen molar-refractivity contribution in [3.05, 3.63) is 0 Å². The Kier molecular flexibility index (Phi) is 9.11. The normalized spacial score (nSPS) is 11.3. The van der Waals surface area contributed by atoms with Crippen molar-refractivity contribution in [3.8, 4) is 0 Å². The topological polar surface area (TPSA) is 0 Å². The van der Waals surface area contributed by atoms with Crippen molar-refractivity contribution in [1.82, 2.24) is 0 Å². The lowest BCUT2D eigenvalue weighted by molar-refractivity contribution is 0.874. The molecular weight excluding hydrogens is 144 g/mol. The molecule has 0 aromatic carbocycles. The van der Waals surface area contributed by atoms with E-state index >= 15 is 0 Å². The molecule has 0 fully saturated rings. The van der Waals surface area contributed by atoms with Gasteiger partial charge in [0.15, 0.2) is 0 Å². The minimum Gasteiger partial charge on any atom is -0.179 e. The van der Waals surface area contributed by atoms with E-state index < -0.39 is 0 Å². The average Bonchev–Trinajstić information content (AvgIpc) is 1.89. The van der Waals surface area contributed by atoms with E-state index in [0.717, 1.165) is 5.75 Å². The van der Waals surface area contributed by atoms with Gasteiger partial charge in [-0.05, 0) is 12.2 Å². The van der Waals surface area contributed by atoms with E-state index in [0.29, 0.717) is 9.52 Å². The van der Waals surface area contributed by atoms with E-state index in [1.807, 2.05) is 0 Å². The Labute approximate surface area is 66.7 Å². The predicted molar refractivity (Wildman–Crippen MR) is 51.5 cm³/mol. The summed E-state index contributed by atoms with van der Waals surface area (Å²) < 4.78 is 0. The van der Waals surface area contributed by atoms with Gasteiger partial charge >= 0.3 is 0 Å². The fourth-order valence-corrected chi connectivity index (χ4v) is 3.35. The van der Waals surface area contributed by atoms with Gasteiger partial charge in [0.25, 0.3) is 0 Å². The van der Waals surface area contributed by atoms with Crippen LogP contribution < -0.4 is 0 Å². The van der Waals surface area contributed by atoms with Gasteiger partial charge in [0.2, 0.25) is 0 Å². The summed E-state index contributed by atoms with van der Waals surface area (Å²) >= 11 is 4.17. The number of thiol groups is 1. The molecule has 0 N–H and O–H groups in total. The van der Waals surface area contributed by atoms with Crippen LogP contribution in [0.1, 0.15) is 26.2 Å². The van der Waals surface area contributed by atoms with E-state index in [1.54, 1.807) is 6.04 Å². The third-order valence-corrected chi connectivity index (χ3v) is 3.83. The molecule has 0 nitrogen and oxygen atoms in total. The van der Waals surface area contributed by atoms with E-state index in [4.69, 9.17) is 0 Å². The zero-order valence-corrected chi connectivity index (χ0v) is 8.71. The summed E-state index contributed by atoms with van der Waals surface area (Å²) in [6.07, 6.45) is 4.21. The van der Waals surface area contributed by atoms with Crippen LogP contribution in [-0.4, -0.2) is 15.3 Å². The quantitative estimate of drug-likeness (QED) is 0.345. The van der Waals surface area contributed by atoms with E-state index in [-0.39, 0.29) is 0 Å². The van der Waals surface area contributed by atoms with Gasteiger partial charge in [-0.25, -0.2) is 0 Å². The molecule has 0 bridgehead atoms. The Balaban J connectivity index is 2.60. The zero-order valence-electron chi connectivity index (χ0n) is 6.40. The first-order valence-electron chi connectivity index (χ1n) is 4.02. The molecule has 0 atom stereocenters. The molecular formula is C7H18SSi. The van der Waals surface area contributed by atoms with Crippen LogP contribution in [-0.2, 0) is 0 Å². The molecule has 0 radical (unpaired) electrons. The van der Waals surface area contributed by atoms with Crippen LogP contribution in [0.3, 0.4) is 0 Å². The molecule has 0 saturated heterocycles. The van der Waals surface area contributed by atoms with E-state index in [2.05, 4.69) is 19.6 Å². The second kappa shape index (κ2) is 8.57. The molecule has 0 spiro atoms. The molecule has 56 valence electrons. The first-order valence-corrected chi connectivity index (χ1v) is 6.66. The summed E-state index contributed by atoms with van der Waals surface area (Å²) in [6, 6.07) is 3.08. The Morgan fingerprint density at radius 2 is 1.89 bits per heavy atom. The molecule has 0 aromatic rings. The second-order valence-electron chi connectivity index (χ2n) is 2.49. The second-order valence-corrected chi connectivity index (χ2v) is 5.06. The monoisotopic (exact) mass is 162 g/mol. The van der Waals surface area contributed by atoms with Crippen LogP contribution in [0.15, 0.2) is 0 Å². The smallest absolute Gasteiger partial charge is 0.0198 e. The van der Waals surface area contributed by atoms with Gasteiger partial charge in [-0.2, -0.15) is 12.6 Å². The van der Waals surface area contributed by atoms with Gasteiger partial charge in [0.05, 0.1) is 0 Å². The van der Waals surface area contributed by atoms with Crippen molar-refractivity contribution in [2.75, 3.05) is 5.75 Å². The van der Waals surface area contributed by atoms with E-state index in [9.17, 15) is 0 Å². The Bertz CT molecular complexity index is 42.2. The Hall–Kier alpha value is 0.567. The molecule has 0 rings (SSSR count). The molecule has 0 aromatic heterocycles. The number of rotatable bonds is 6. The van der Waals surface area contributed by atoms with Crippen molar-refractivity contribution >= 4 is 22.1 Å². The first kappa shape index (κ1) is 9.57. The molecule has 0 amide bonds. The third kappa shape index (κ3) is 8.57. The maximum absolute atomic E-state index is 4.17. The predicted octanol–water partition coefficient (Wildman–Crippen LogP) is 2.11. The van der Waals surface area contributed by atoms with Crippen molar-refractivity contribution in [1.29, 1.82) is 0 Å². The highest BCUT2D eigenvalue weighted by Crippen LogP contribution is 1.98. The summed E-state index contributed by atoms with van der Waals surface area (Å²) in [6.45, 7) is 2.27. The molecule has 0 saturated carbocycles. The van der Waals surface area contributed by atoms with Crippen LogP contribution in [0.25, 0.3) is 0 Å². The molecule has 0 aliphatic heterocycles. The molecule has 0 unspecified atom stereocenters. The van der Waals surface area contributed by atoms with Crippen molar-refractivity contribution in [2.24, 2.45) is 0 Å². The average molecular weight is 162 g/mol. The lowest BCUT2D eigenvalue weighted by atomic mass is 10.4. The van der Waals surface area contributed by atoms with Crippen molar-refractivity contribution < 1.29 is 0 Å². The lowest BCUT2D eigenvalue weighted by Crippen LogP contribution is -1.88. The minimum absolute atomic E-state index is 0.340. The van der Waals surface area contributed by atoms with Crippen molar-refractivity contribution in [3.63, 3.8) is 0 Å². The highest BCUT2D eigenvalue weighted by molar-refractivity contribution is 7.80. The maximum Gasteiger partial charge on any atom is 0.0198 e. The van der Waals surface area contributed by atoms with E-state index in [1.165, 1.54) is 25.3 Å². The van der Waals surface area contributed by atoms with Crippen LogP contribution in [0.2, 0.25) is 12.1 Å². The van der Waals surface area contributed by atoms with Gasteiger partial charge in [-0.15, -0.1) is 0 Å². The fraction of sp³-hybridized carbons (Fsp3) is 1.00. The fourth-order valence-electron chi connectivity index (χ4n) is 0.892. The highest BCUT2D eigenvalue weighted by Gasteiger charge is 1.87. The third-order valence-electron chi connectivity index (χ3n) is 1.51. The Morgan fingerprint density at radius 1 is 1.22 bits per heavy atom. The number of hydrogen-bond donors (Lipinski definition) is 1. The van der Waals surface area contributed by atoms with Crippen LogP contribution in [0.5, 0.6) is 0 Å².